The first kappa shape index (κ1) is 71.6. The molecule has 17 nitrogen and oxygen atoms in total. The maximum atomic E-state index is 19.7. The maximum absolute atomic E-state index is 19.7. The van der Waals surface area contributed by atoms with Crippen LogP contribution in [0.5, 0.6) is 23.0 Å². The average Bonchev–Trinajstić information content (AvgIpc) is 1.50. The molecule has 1 saturated carbocycles. The fraction of sp³-hybridized carbons (Fsp3) is 0.160. The standard InChI is InChI=1S/C75H49Cl4F8N5O12/c1-29-50(55-46(25-42(80)65(93)60(55)84)89(29)70(97)34-13-7-17-38(76)21-34)54(33-11-5-6-12-33)75(103)104-68-45(83)28-49-58(63(68)87)53(59(74(101)102)51-30(2)90(71(98)35-14-8-18-39(77)22-35)47-26-43(81)66(94)61(85)56(47)51)32(4)92(49,73(100)37-16-10-20-41(79)24-37)64(69(88)96)52-31(3)91(72(99)36-15-9-19-40(78)23-36)48-27-44(82)67(95)62(86)57(48)52/h7-10,13-28,33,54,59,64H,5-6,11-12H2,1-4H3,(H5-,88,93,94,95,96,101,102). The van der Waals surface area contributed by atoms with Gasteiger partial charge < -0.3 is 35.7 Å². The molecule has 2 aliphatic rings. The monoisotopic (exact) mass is 1500 g/mol. The predicted molar refractivity (Wildman–Crippen MR) is 365 cm³/mol. The molecule has 0 saturated heterocycles. The van der Waals surface area contributed by atoms with Crippen LogP contribution in [0.4, 0.5) is 40.8 Å². The predicted octanol–water partition coefficient (Wildman–Crippen LogP) is 15.9. The highest BCUT2D eigenvalue weighted by Crippen LogP contribution is 2.61. The van der Waals surface area contributed by atoms with E-state index in [2.05, 4.69) is 0 Å². The van der Waals surface area contributed by atoms with Crippen LogP contribution in [0.15, 0.2) is 127 Å². The topological polar surface area (TPSA) is 253 Å². The maximum Gasteiger partial charge on any atom is 0.356 e. The molecular weight excluding hydrogens is 1460 g/mol. The van der Waals surface area contributed by atoms with E-state index in [1.54, 1.807) is 0 Å². The third kappa shape index (κ3) is 11.0. The Hall–Kier alpha value is -10.8. The number of phenolic OH excluding ortho intramolecular Hbond substituents is 3. The average molecular weight is 1510 g/mol. The Balaban J connectivity index is 1.16. The Morgan fingerprint density at radius 1 is 0.519 bits per heavy atom. The molecule has 0 spiro atoms. The van der Waals surface area contributed by atoms with Gasteiger partial charge in [0.15, 0.2) is 69.5 Å². The number of hydrogen-bond acceptors (Lipinski definition) is 12. The van der Waals surface area contributed by atoms with E-state index in [1.165, 1.54) is 73.7 Å². The van der Waals surface area contributed by atoms with E-state index in [0.717, 1.165) is 55.7 Å². The van der Waals surface area contributed by atoms with Crippen molar-refractivity contribution in [3.63, 3.8) is 0 Å². The van der Waals surface area contributed by atoms with Crippen LogP contribution in [0.1, 0.15) is 131 Å². The van der Waals surface area contributed by atoms with Crippen molar-refractivity contribution in [1.82, 2.24) is 18.2 Å². The van der Waals surface area contributed by atoms with Crippen LogP contribution in [-0.2, 0) is 14.4 Å². The first-order valence-corrected chi connectivity index (χ1v) is 33.0. The number of carboxylic acids is 1. The van der Waals surface area contributed by atoms with Crippen molar-refractivity contribution < 1.29 is 93.8 Å². The quantitative estimate of drug-likeness (QED) is 0.0343. The summed E-state index contributed by atoms with van der Waals surface area (Å²) < 4.78 is 144. The Bertz CT molecular complexity index is 5750. The van der Waals surface area contributed by atoms with Crippen LogP contribution in [0.3, 0.4) is 0 Å². The van der Waals surface area contributed by atoms with E-state index in [0.29, 0.717) is 40.2 Å². The van der Waals surface area contributed by atoms with Gasteiger partial charge in [-0.1, -0.05) is 83.5 Å². The van der Waals surface area contributed by atoms with Crippen molar-refractivity contribution in [2.45, 2.75) is 71.3 Å². The first-order valence-electron chi connectivity index (χ1n) is 31.5. The summed E-state index contributed by atoms with van der Waals surface area (Å²) in [6.07, 6.45) is 0.861. The SMILES string of the molecule is CC1=C(C(C(=O)[O-])c2c(C)n(C(=O)c3cccc(Cl)c3)c3cc(F)c(O)c(F)c23)c2c(cc(F)c(OC(=O)C(c3c(C)n(C(=O)c4cccc(Cl)c4)c4cc(F)c(O)c(F)c34)C3CCCC3)c2F)[N+]1(C(=O)c1cccc(Cl)c1)C(C(N)=O)c1c(C)n(C(=O)c2cccc(Cl)c2)c2cc(F)c(O)c(F)c12. The number of carbonyl (C=O) groups excluding carboxylic acids is 7. The molecule has 530 valence electrons. The number of quaternary nitrogens is 1. The van der Waals surface area contributed by atoms with Gasteiger partial charge >= 0.3 is 11.9 Å². The molecule has 0 radical (unpaired) electrons. The van der Waals surface area contributed by atoms with Crippen LogP contribution < -0.4 is 20.1 Å². The van der Waals surface area contributed by atoms with Gasteiger partial charge in [-0.3, -0.25) is 37.7 Å². The minimum Gasteiger partial charge on any atom is -0.549 e. The largest absolute Gasteiger partial charge is 0.549 e. The lowest BCUT2D eigenvalue weighted by atomic mass is 9.83. The van der Waals surface area contributed by atoms with Gasteiger partial charge in [-0.05, 0) is 123 Å². The lowest BCUT2D eigenvalue weighted by molar-refractivity contribution is -0.306. The summed E-state index contributed by atoms with van der Waals surface area (Å²) in [4.78, 5) is 108. The molecule has 4 unspecified atom stereocenters. The van der Waals surface area contributed by atoms with Crippen molar-refractivity contribution in [3.05, 3.63) is 255 Å². The number of benzene rings is 8. The number of nitrogens with zero attached hydrogens (tertiary/aromatic N) is 4. The van der Waals surface area contributed by atoms with Crippen molar-refractivity contribution in [2.75, 3.05) is 0 Å². The highest BCUT2D eigenvalue weighted by Gasteiger charge is 2.62. The minimum atomic E-state index is -3.01. The van der Waals surface area contributed by atoms with Crippen LogP contribution in [0.2, 0.25) is 20.1 Å². The summed E-state index contributed by atoms with van der Waals surface area (Å²) in [6, 6.07) is 18.5. The second kappa shape index (κ2) is 26.5. The molecule has 1 aliphatic heterocycles. The molecule has 13 rings (SSSR count). The normalized spacial score (nSPS) is 15.5. The number of carboxylic acid groups (broad SMARTS) is 1. The van der Waals surface area contributed by atoms with E-state index in [9.17, 15) is 34.8 Å². The van der Waals surface area contributed by atoms with Crippen molar-refractivity contribution >= 4 is 132 Å². The fourth-order valence-electron chi connectivity index (χ4n) is 15.2. The molecule has 3 aromatic heterocycles. The van der Waals surface area contributed by atoms with Gasteiger partial charge in [0.25, 0.3) is 23.6 Å². The number of aliphatic carboxylic acids is 1. The summed E-state index contributed by atoms with van der Waals surface area (Å²) >= 11 is 25.5. The molecule has 29 heteroatoms. The van der Waals surface area contributed by atoms with E-state index in [4.69, 9.17) is 56.9 Å². The van der Waals surface area contributed by atoms with Gasteiger partial charge in [0.1, 0.15) is 5.70 Å². The van der Waals surface area contributed by atoms with Gasteiger partial charge in [-0.2, -0.15) is 4.48 Å². The number of esters is 1. The van der Waals surface area contributed by atoms with Crippen LogP contribution in [-0.4, -0.2) is 70.5 Å². The zero-order valence-electron chi connectivity index (χ0n) is 54.1. The number of amides is 2. The molecule has 8 aromatic carbocycles. The lowest BCUT2D eigenvalue weighted by Crippen LogP contribution is -2.58. The zero-order valence-corrected chi connectivity index (χ0v) is 57.1. The minimum absolute atomic E-state index is 0.0443. The molecule has 1 fully saturated rings. The van der Waals surface area contributed by atoms with Gasteiger partial charge in [0, 0.05) is 101 Å². The number of carbonyl (C=O) groups is 7. The number of halogens is 12. The van der Waals surface area contributed by atoms with Crippen molar-refractivity contribution in [3.8, 4) is 23.0 Å². The van der Waals surface area contributed by atoms with Crippen LogP contribution >= 0.6 is 46.4 Å². The molecule has 2 amide bonds. The summed E-state index contributed by atoms with van der Waals surface area (Å²) in [5.74, 6) is -38.7. The zero-order chi connectivity index (χ0) is 75.0. The Morgan fingerprint density at radius 3 is 1.30 bits per heavy atom. The number of nitrogens with two attached hydrogens (primary N) is 1. The third-order valence-corrected chi connectivity index (χ3v) is 20.5. The molecule has 4 atom stereocenters. The van der Waals surface area contributed by atoms with Crippen LogP contribution in [0.25, 0.3) is 38.3 Å². The van der Waals surface area contributed by atoms with E-state index in [-0.39, 0.29) is 61.4 Å². The molecule has 11 aromatic rings. The lowest BCUT2D eigenvalue weighted by Gasteiger charge is -2.39. The number of primary amides is 1. The number of aromatic hydroxyl groups is 3. The molecule has 1 aliphatic carbocycles. The number of fused-ring (bicyclic) bond motifs is 4. The van der Waals surface area contributed by atoms with Gasteiger partial charge in [-0.15, -0.1) is 0 Å². The van der Waals surface area contributed by atoms with Gasteiger partial charge in [-0.25, -0.2) is 39.9 Å². The molecule has 104 heavy (non-hydrogen) atoms. The summed E-state index contributed by atoms with van der Waals surface area (Å²) in [5.41, 5.74) is -6.12. The Morgan fingerprint density at radius 2 is 0.894 bits per heavy atom. The number of hydrogen-bond donors (Lipinski definition) is 4. The second-order valence-electron chi connectivity index (χ2n) is 25.1. The number of aromatic nitrogens is 3. The summed E-state index contributed by atoms with van der Waals surface area (Å²) in [7, 11) is 0. The summed E-state index contributed by atoms with van der Waals surface area (Å²) in [6.45, 7) is 4.05. The number of phenols is 3. The summed E-state index contributed by atoms with van der Waals surface area (Å²) in [5, 5.41) is 44.9. The molecule has 0 bridgehead atoms. The highest BCUT2D eigenvalue weighted by molar-refractivity contribution is 6.32. The Labute approximate surface area is 601 Å². The van der Waals surface area contributed by atoms with Gasteiger partial charge in [0.05, 0.1) is 56.4 Å². The third-order valence-electron chi connectivity index (χ3n) is 19.5. The molecule has 4 heterocycles. The second-order valence-corrected chi connectivity index (χ2v) is 26.9. The Kier molecular flexibility index (Phi) is 18.2. The van der Waals surface area contributed by atoms with Crippen LogP contribution in [0, 0.1) is 73.2 Å². The van der Waals surface area contributed by atoms with E-state index in [1.807, 2.05) is 0 Å². The number of allylic oxidation sites excluding steroid dienone is 1. The van der Waals surface area contributed by atoms with E-state index >= 15 is 54.3 Å². The fourth-order valence-corrected chi connectivity index (χ4v) is 16.0. The number of rotatable bonds is 14. The van der Waals surface area contributed by atoms with Crippen molar-refractivity contribution in [2.24, 2.45) is 11.7 Å². The smallest absolute Gasteiger partial charge is 0.356 e. The van der Waals surface area contributed by atoms with Gasteiger partial charge in [0.2, 0.25) is 11.8 Å². The molecular formula is C75H49Cl4F8N5O12. The van der Waals surface area contributed by atoms with E-state index < -0.39 is 228 Å². The molecule has 5 N–H and O–H groups in total. The number of ether oxygens (including phenoxy) is 1. The highest BCUT2D eigenvalue weighted by atomic mass is 35.5. The van der Waals surface area contributed by atoms with Crippen molar-refractivity contribution in [1.29, 1.82) is 0 Å². The first-order chi connectivity index (χ1) is 49.3.